The van der Waals surface area contributed by atoms with E-state index in [4.69, 9.17) is 16.3 Å². The number of hydrogen-bond donors (Lipinski definition) is 0. The lowest BCUT2D eigenvalue weighted by Gasteiger charge is -2.21. The van der Waals surface area contributed by atoms with Gasteiger partial charge in [-0.2, -0.15) is 0 Å². The molecule has 30 heavy (non-hydrogen) atoms. The molecule has 1 radical (unpaired) electrons. The minimum absolute atomic E-state index is 0.201. The first-order valence-electron chi connectivity index (χ1n) is 12.0. The van der Waals surface area contributed by atoms with Gasteiger partial charge >= 0.3 is 0 Å². The highest BCUT2D eigenvalue weighted by atomic mass is 35.5. The molecule has 1 aliphatic carbocycles. The van der Waals surface area contributed by atoms with Crippen LogP contribution in [0.3, 0.4) is 0 Å². The zero-order valence-electron chi connectivity index (χ0n) is 18.8. The SMILES string of the molecule is CCCCCCC(C)Oc1ccc(-c2ccc(CCC3CC[CH]CC3)cc2)cc1Cl. The molecule has 1 atom stereocenters. The second-order valence-corrected chi connectivity index (χ2v) is 9.38. The number of halogens is 1. The van der Waals surface area contributed by atoms with Crippen molar-refractivity contribution in [2.45, 2.75) is 90.6 Å². The molecule has 1 unspecified atom stereocenters. The molecular formula is C28H38ClO. The van der Waals surface area contributed by atoms with Gasteiger partial charge in [0, 0.05) is 0 Å². The molecule has 0 spiro atoms. The summed E-state index contributed by atoms with van der Waals surface area (Å²) in [6, 6.07) is 15.2. The molecule has 1 saturated carbocycles. The molecule has 1 nitrogen and oxygen atoms in total. The minimum atomic E-state index is 0.201. The van der Waals surface area contributed by atoms with Gasteiger partial charge in [-0.25, -0.2) is 0 Å². The van der Waals surface area contributed by atoms with Gasteiger partial charge in [0.1, 0.15) is 5.75 Å². The van der Waals surface area contributed by atoms with Gasteiger partial charge in [0.2, 0.25) is 0 Å². The van der Waals surface area contributed by atoms with Crippen LogP contribution in [-0.2, 0) is 6.42 Å². The molecule has 3 rings (SSSR count). The van der Waals surface area contributed by atoms with Gasteiger partial charge in [0.15, 0.2) is 0 Å². The van der Waals surface area contributed by atoms with Crippen LogP contribution >= 0.6 is 11.6 Å². The van der Waals surface area contributed by atoms with E-state index in [1.807, 2.05) is 12.1 Å². The first-order valence-corrected chi connectivity index (χ1v) is 12.4. The number of benzene rings is 2. The van der Waals surface area contributed by atoms with Crippen LogP contribution in [0, 0.1) is 12.3 Å². The minimum Gasteiger partial charge on any atom is -0.489 e. The zero-order chi connectivity index (χ0) is 21.2. The molecule has 0 heterocycles. The standard InChI is InChI=1S/C28H38ClO/c1-3-4-5-7-10-22(2)30-28-20-19-26(21-27(28)29)25-17-15-24(16-18-25)14-13-23-11-8-6-9-12-23/h6,15-23H,3-5,7-14H2,1-2H3. The Morgan fingerprint density at radius 3 is 2.40 bits per heavy atom. The number of ether oxygens (including phenoxy) is 1. The third-order valence-corrected chi connectivity index (χ3v) is 6.71. The maximum atomic E-state index is 6.55. The molecule has 2 aromatic carbocycles. The summed E-state index contributed by atoms with van der Waals surface area (Å²) in [4.78, 5) is 0. The summed E-state index contributed by atoms with van der Waals surface area (Å²) in [7, 11) is 0. The van der Waals surface area contributed by atoms with Crippen LogP contribution in [0.15, 0.2) is 42.5 Å². The largest absolute Gasteiger partial charge is 0.489 e. The Kier molecular flexibility index (Phi) is 9.59. The number of rotatable bonds is 11. The monoisotopic (exact) mass is 425 g/mol. The van der Waals surface area contributed by atoms with Gasteiger partial charge in [-0.1, -0.05) is 81.0 Å². The highest BCUT2D eigenvalue weighted by Crippen LogP contribution is 2.32. The van der Waals surface area contributed by atoms with Crippen molar-refractivity contribution in [3.8, 4) is 16.9 Å². The lowest BCUT2D eigenvalue weighted by Crippen LogP contribution is -2.11. The molecule has 0 bridgehead atoms. The lowest BCUT2D eigenvalue weighted by atomic mass is 9.85. The quantitative estimate of drug-likeness (QED) is 0.326. The fraction of sp³-hybridized carbons (Fsp3) is 0.536. The molecule has 163 valence electrons. The first-order chi connectivity index (χ1) is 14.7. The summed E-state index contributed by atoms with van der Waals surface area (Å²) >= 11 is 6.55. The van der Waals surface area contributed by atoms with E-state index >= 15 is 0 Å². The van der Waals surface area contributed by atoms with Crippen molar-refractivity contribution in [3.63, 3.8) is 0 Å². The van der Waals surface area contributed by atoms with Crippen molar-refractivity contribution in [1.82, 2.24) is 0 Å². The molecule has 2 heteroatoms. The lowest BCUT2D eigenvalue weighted by molar-refractivity contribution is 0.206. The average Bonchev–Trinajstić information content (AvgIpc) is 2.78. The Hall–Kier alpha value is -1.47. The van der Waals surface area contributed by atoms with Gasteiger partial charge in [-0.05, 0) is 86.6 Å². The average molecular weight is 426 g/mol. The van der Waals surface area contributed by atoms with Crippen molar-refractivity contribution in [3.05, 3.63) is 59.5 Å². The fourth-order valence-corrected chi connectivity index (χ4v) is 4.65. The molecule has 1 fully saturated rings. The van der Waals surface area contributed by atoms with Crippen molar-refractivity contribution in [2.24, 2.45) is 5.92 Å². The van der Waals surface area contributed by atoms with Crippen LogP contribution in [-0.4, -0.2) is 6.10 Å². The normalized spacial score (nSPS) is 15.8. The number of hydrogen-bond acceptors (Lipinski definition) is 1. The van der Waals surface area contributed by atoms with E-state index in [1.165, 1.54) is 75.3 Å². The maximum Gasteiger partial charge on any atom is 0.138 e. The van der Waals surface area contributed by atoms with Crippen LogP contribution in [0.25, 0.3) is 11.1 Å². The summed E-state index contributed by atoms with van der Waals surface area (Å²) in [6.45, 7) is 4.38. The van der Waals surface area contributed by atoms with Gasteiger partial charge in [-0.15, -0.1) is 0 Å². The smallest absolute Gasteiger partial charge is 0.138 e. The summed E-state index contributed by atoms with van der Waals surface area (Å²) < 4.78 is 6.09. The van der Waals surface area contributed by atoms with Gasteiger partial charge in [-0.3, -0.25) is 0 Å². The highest BCUT2D eigenvalue weighted by molar-refractivity contribution is 6.32. The summed E-state index contributed by atoms with van der Waals surface area (Å²) in [5.74, 6) is 1.71. The van der Waals surface area contributed by atoms with E-state index in [9.17, 15) is 0 Å². The molecule has 0 amide bonds. The molecule has 0 aromatic heterocycles. The fourth-order valence-electron chi connectivity index (χ4n) is 4.43. The van der Waals surface area contributed by atoms with E-state index in [1.54, 1.807) is 0 Å². The first kappa shape index (κ1) is 23.2. The predicted molar refractivity (Wildman–Crippen MR) is 130 cm³/mol. The molecule has 2 aromatic rings. The van der Waals surface area contributed by atoms with E-state index in [0.717, 1.165) is 23.7 Å². The van der Waals surface area contributed by atoms with Crippen LogP contribution in [0.4, 0.5) is 0 Å². The molecular weight excluding hydrogens is 388 g/mol. The summed E-state index contributed by atoms with van der Waals surface area (Å²) in [5, 5.41) is 0.700. The van der Waals surface area contributed by atoms with Gasteiger partial charge < -0.3 is 4.74 Å². The molecule has 0 saturated heterocycles. The topological polar surface area (TPSA) is 9.23 Å². The number of aryl methyl sites for hydroxylation is 1. The number of unbranched alkanes of at least 4 members (excludes halogenated alkanes) is 3. The van der Waals surface area contributed by atoms with Crippen molar-refractivity contribution in [2.75, 3.05) is 0 Å². The molecule has 1 aliphatic rings. The van der Waals surface area contributed by atoms with E-state index in [-0.39, 0.29) is 6.10 Å². The Balaban J connectivity index is 1.52. The summed E-state index contributed by atoms with van der Waals surface area (Å²) in [5.41, 5.74) is 3.81. The van der Waals surface area contributed by atoms with Gasteiger partial charge in [0.25, 0.3) is 0 Å². The Labute approximate surface area is 189 Å². The van der Waals surface area contributed by atoms with Crippen LogP contribution < -0.4 is 4.74 Å². The second-order valence-electron chi connectivity index (χ2n) is 8.97. The Morgan fingerprint density at radius 2 is 1.70 bits per heavy atom. The Bertz CT molecular complexity index is 746. The van der Waals surface area contributed by atoms with Crippen LogP contribution in [0.1, 0.15) is 83.6 Å². The van der Waals surface area contributed by atoms with E-state index in [2.05, 4.69) is 50.6 Å². The van der Waals surface area contributed by atoms with Crippen LogP contribution in [0.2, 0.25) is 5.02 Å². The predicted octanol–water partition coefficient (Wildman–Crippen LogP) is 9.07. The zero-order valence-corrected chi connectivity index (χ0v) is 19.6. The van der Waals surface area contributed by atoms with E-state index < -0.39 is 0 Å². The molecule has 0 N–H and O–H groups in total. The Morgan fingerprint density at radius 1 is 0.967 bits per heavy atom. The third kappa shape index (κ3) is 7.34. The maximum absolute atomic E-state index is 6.55. The van der Waals surface area contributed by atoms with Crippen molar-refractivity contribution < 1.29 is 4.74 Å². The van der Waals surface area contributed by atoms with Crippen molar-refractivity contribution in [1.29, 1.82) is 0 Å². The van der Waals surface area contributed by atoms with Crippen LogP contribution in [0.5, 0.6) is 5.75 Å². The third-order valence-electron chi connectivity index (χ3n) is 6.41. The molecule has 0 aliphatic heterocycles. The van der Waals surface area contributed by atoms with Gasteiger partial charge in [0.05, 0.1) is 11.1 Å². The summed E-state index contributed by atoms with van der Waals surface area (Å²) in [6.07, 6.45) is 16.7. The highest BCUT2D eigenvalue weighted by Gasteiger charge is 2.13. The second kappa shape index (κ2) is 12.4. The van der Waals surface area contributed by atoms with E-state index in [0.29, 0.717) is 5.02 Å². The van der Waals surface area contributed by atoms with Crippen molar-refractivity contribution >= 4 is 11.6 Å².